The molecule has 0 aromatic rings. The molecule has 5 saturated heterocycles. The summed E-state index contributed by atoms with van der Waals surface area (Å²) in [7, 11) is 0. The van der Waals surface area contributed by atoms with E-state index in [1.165, 1.54) is 4.90 Å². The van der Waals surface area contributed by atoms with Crippen LogP contribution in [0.2, 0.25) is 0 Å². The minimum absolute atomic E-state index is 0.000836. The van der Waals surface area contributed by atoms with Crippen LogP contribution in [0.3, 0.4) is 0 Å². The van der Waals surface area contributed by atoms with Gasteiger partial charge >= 0.3 is 29.8 Å². The van der Waals surface area contributed by atoms with Crippen LogP contribution < -0.4 is 26.6 Å². The summed E-state index contributed by atoms with van der Waals surface area (Å²) in [5.41, 5.74) is -0.150. The summed E-state index contributed by atoms with van der Waals surface area (Å²) in [5, 5.41) is 61.3. The lowest BCUT2D eigenvalue weighted by atomic mass is 9.82. The second kappa shape index (κ2) is 31.0. The second-order valence-electron chi connectivity index (χ2n) is 29.6. The zero-order chi connectivity index (χ0) is 64.5. The quantitative estimate of drug-likeness (QED) is 0.0992. The molecule has 0 radical (unpaired) electrons. The monoisotopic (exact) mass is 1170 g/mol. The average Bonchev–Trinajstić information content (AvgIpc) is 3.11. The highest BCUT2D eigenvalue weighted by Gasteiger charge is 2.40. The summed E-state index contributed by atoms with van der Waals surface area (Å²) in [6.07, 6.45) is 6.63. The van der Waals surface area contributed by atoms with E-state index >= 15 is 0 Å². The van der Waals surface area contributed by atoms with Gasteiger partial charge in [0.05, 0.1) is 32.7 Å². The molecule has 10 N–H and O–H groups in total. The molecule has 5 heterocycles. The van der Waals surface area contributed by atoms with Crippen LogP contribution in [0.4, 0.5) is 0 Å². The van der Waals surface area contributed by atoms with E-state index in [9.17, 15) is 47.9 Å². The molecule has 82 heavy (non-hydrogen) atoms. The zero-order valence-corrected chi connectivity index (χ0v) is 53.6. The predicted molar refractivity (Wildman–Crippen MR) is 315 cm³/mol. The Balaban J connectivity index is 0.00000101. The van der Waals surface area contributed by atoms with Crippen molar-refractivity contribution in [3.63, 3.8) is 0 Å². The Bertz CT molecular complexity index is 1830. The number of carboxylic acid groups (broad SMARTS) is 5. The first-order valence-electron chi connectivity index (χ1n) is 28.3. The van der Waals surface area contributed by atoms with Gasteiger partial charge in [0, 0.05) is 146 Å². The summed E-state index contributed by atoms with van der Waals surface area (Å²) in [4.78, 5) is 114. The van der Waals surface area contributed by atoms with E-state index in [0.717, 1.165) is 9.80 Å². The Morgan fingerprint density at radius 2 is 0.378 bits per heavy atom. The maximum atomic E-state index is 11.3. The molecule has 0 amide bonds. The maximum Gasteiger partial charge on any atom is 0.317 e. The minimum Gasteiger partial charge on any atom is -0.480 e. The van der Waals surface area contributed by atoms with Crippen LogP contribution in [-0.4, -0.2) is 213 Å². The standard InChI is InChI=1S/C14H23N3O10.5C9H17NO/c18-10(19)5-15(1-3-16(6-11(20)21)7-12(22)23)2-4-17(8-13(24)25)9-14(26)27;5*1-8(2)5-7(11)6-9(3,4)10-8/h1-9H2,(H,18,19)(H,20,21)(H,22,23)(H,24,25)(H,26,27);5*10H,5-6H2,1-4H3. The molecule has 0 unspecified atom stereocenters. The van der Waals surface area contributed by atoms with Gasteiger partial charge in [0.15, 0.2) is 0 Å². The third kappa shape index (κ3) is 37.6. The highest BCUT2D eigenvalue weighted by molar-refractivity contribution is 5.84. The van der Waals surface area contributed by atoms with Crippen molar-refractivity contribution in [3.8, 4) is 0 Å². The summed E-state index contributed by atoms with van der Waals surface area (Å²) in [6.45, 7) is 38.8. The number of hydrogen-bond donors (Lipinski definition) is 10. The van der Waals surface area contributed by atoms with Crippen molar-refractivity contribution in [1.29, 1.82) is 0 Å². The molecule has 0 aromatic heterocycles. The molecule has 0 atom stereocenters. The number of piperidine rings is 5. The van der Waals surface area contributed by atoms with Crippen molar-refractivity contribution in [2.75, 3.05) is 58.9 Å². The number of carbonyl (C=O) groups excluding carboxylic acids is 5. The van der Waals surface area contributed by atoms with Crippen LogP contribution in [0.25, 0.3) is 0 Å². The molecule has 0 bridgehead atoms. The van der Waals surface area contributed by atoms with E-state index in [1.807, 2.05) is 0 Å². The Labute approximate surface area is 489 Å². The third-order valence-corrected chi connectivity index (χ3v) is 13.0. The number of carbonyl (C=O) groups is 10. The smallest absolute Gasteiger partial charge is 0.317 e. The van der Waals surface area contributed by atoms with Crippen molar-refractivity contribution >= 4 is 58.8 Å². The summed E-state index contributed by atoms with van der Waals surface area (Å²) in [5.74, 6) is -4.29. The first-order valence-corrected chi connectivity index (χ1v) is 28.3. The van der Waals surface area contributed by atoms with Gasteiger partial charge in [-0.25, -0.2) is 0 Å². The maximum absolute atomic E-state index is 11.3. The predicted octanol–water partition coefficient (Wildman–Crippen LogP) is 4.80. The van der Waals surface area contributed by atoms with Gasteiger partial charge in [0.2, 0.25) is 0 Å². The highest BCUT2D eigenvalue weighted by atomic mass is 16.4. The number of carboxylic acids is 5. The molecule has 5 aliphatic heterocycles. The molecule has 5 rings (SSSR count). The van der Waals surface area contributed by atoms with Crippen LogP contribution in [0.5, 0.6) is 0 Å². The lowest BCUT2D eigenvalue weighted by molar-refractivity contribution is -0.143. The fourth-order valence-corrected chi connectivity index (χ4v) is 12.5. The van der Waals surface area contributed by atoms with E-state index in [2.05, 4.69) is 165 Å². The number of rotatable bonds is 16. The topological polar surface area (TPSA) is 342 Å². The molecule has 0 saturated carbocycles. The van der Waals surface area contributed by atoms with Crippen molar-refractivity contribution in [2.45, 2.75) is 258 Å². The van der Waals surface area contributed by atoms with Crippen molar-refractivity contribution < 1.29 is 73.5 Å². The number of hydrogen-bond acceptors (Lipinski definition) is 18. The number of aliphatic carboxylic acids is 5. The van der Waals surface area contributed by atoms with Crippen LogP contribution in [0.1, 0.15) is 203 Å². The normalized spacial score (nSPS) is 22.8. The van der Waals surface area contributed by atoms with Gasteiger partial charge in [0.25, 0.3) is 0 Å². The van der Waals surface area contributed by atoms with Gasteiger partial charge in [-0.15, -0.1) is 0 Å². The molecule has 23 heteroatoms. The van der Waals surface area contributed by atoms with Gasteiger partial charge < -0.3 is 52.1 Å². The molecule has 0 spiro atoms. The second-order valence-corrected chi connectivity index (χ2v) is 29.6. The fourth-order valence-electron chi connectivity index (χ4n) is 12.5. The van der Waals surface area contributed by atoms with Crippen molar-refractivity contribution in [1.82, 2.24) is 41.3 Å². The van der Waals surface area contributed by atoms with E-state index in [0.29, 0.717) is 93.1 Å². The average molecular weight is 1170 g/mol. The molecule has 5 aliphatic rings. The van der Waals surface area contributed by atoms with Crippen LogP contribution in [0.15, 0.2) is 0 Å². The zero-order valence-electron chi connectivity index (χ0n) is 53.6. The summed E-state index contributed by atoms with van der Waals surface area (Å²) in [6, 6.07) is 0. The SMILES string of the molecule is CC1(C)CC(=O)CC(C)(C)N1.CC1(C)CC(=O)CC(C)(C)N1.CC1(C)CC(=O)CC(C)(C)N1.CC1(C)CC(=O)CC(C)(C)N1.CC1(C)CC(=O)CC(C)(C)N1.O=C(O)CN(CCN(CC(=O)O)CC(=O)O)CCN(CC(=O)O)CC(=O)O. The Morgan fingerprint density at radius 1 is 0.268 bits per heavy atom. The number of Topliss-reactive ketones (excluding diaryl/α,β-unsaturated/α-hetero) is 5. The van der Waals surface area contributed by atoms with Crippen molar-refractivity contribution in [2.24, 2.45) is 0 Å². The number of nitrogens with one attached hydrogen (secondary N) is 5. The first kappa shape index (κ1) is 77.4. The number of ketones is 5. The van der Waals surface area contributed by atoms with Gasteiger partial charge in [-0.1, -0.05) is 0 Å². The highest BCUT2D eigenvalue weighted by Crippen LogP contribution is 2.29. The fraction of sp³-hybridized carbons (Fsp3) is 0.831. The van der Waals surface area contributed by atoms with Gasteiger partial charge in [-0.05, 0) is 138 Å². The molecule has 474 valence electrons. The minimum atomic E-state index is -1.24. The third-order valence-electron chi connectivity index (χ3n) is 13.0. The molecule has 0 aliphatic carbocycles. The molecular formula is C59H108N8O15. The van der Waals surface area contributed by atoms with E-state index in [4.69, 9.17) is 25.5 Å². The molecule has 23 nitrogen and oxygen atoms in total. The Kier molecular flexibility index (Phi) is 29.2. The first-order chi connectivity index (χ1) is 36.5. The van der Waals surface area contributed by atoms with E-state index in [1.54, 1.807) is 0 Å². The van der Waals surface area contributed by atoms with Crippen molar-refractivity contribution in [3.05, 3.63) is 0 Å². The van der Waals surface area contributed by atoms with Crippen LogP contribution in [0, 0.1) is 0 Å². The Hall–Kier alpha value is -4.62. The molecular weight excluding hydrogens is 1060 g/mol. The Morgan fingerprint density at radius 3 is 0.488 bits per heavy atom. The van der Waals surface area contributed by atoms with Gasteiger partial charge in [-0.3, -0.25) is 62.6 Å². The summed E-state index contributed by atoms with van der Waals surface area (Å²) < 4.78 is 0. The van der Waals surface area contributed by atoms with Gasteiger partial charge in [0.1, 0.15) is 28.9 Å². The summed E-state index contributed by atoms with van der Waals surface area (Å²) >= 11 is 0. The lowest BCUT2D eigenvalue weighted by Crippen LogP contribution is -2.58. The molecule has 0 aromatic carbocycles. The van der Waals surface area contributed by atoms with E-state index < -0.39 is 62.6 Å². The largest absolute Gasteiger partial charge is 0.480 e. The van der Waals surface area contributed by atoms with Crippen LogP contribution in [-0.2, 0) is 47.9 Å². The van der Waals surface area contributed by atoms with Crippen LogP contribution >= 0.6 is 0 Å². The number of nitrogens with zero attached hydrogens (tertiary/aromatic N) is 3. The van der Waals surface area contributed by atoms with E-state index in [-0.39, 0.29) is 81.6 Å². The van der Waals surface area contributed by atoms with Gasteiger partial charge in [-0.2, -0.15) is 0 Å². The lowest BCUT2D eigenvalue weighted by Gasteiger charge is -2.41. The molecule has 5 fully saturated rings.